The smallest absolute Gasteiger partial charge is 0.270 e. The van der Waals surface area contributed by atoms with Gasteiger partial charge in [0.2, 0.25) is 0 Å². The molecule has 4 nitrogen and oxygen atoms in total. The van der Waals surface area contributed by atoms with E-state index in [0.29, 0.717) is 16.7 Å². The first kappa shape index (κ1) is 14.5. The maximum atomic E-state index is 13.2. The average molecular weight is 339 g/mol. The van der Waals surface area contributed by atoms with E-state index in [9.17, 15) is 14.5 Å². The van der Waals surface area contributed by atoms with Gasteiger partial charge in [0.15, 0.2) is 0 Å². The Bertz CT molecular complexity index is 662. The second-order valence-corrected chi connectivity index (χ2v) is 5.30. The van der Waals surface area contributed by atoms with Gasteiger partial charge >= 0.3 is 0 Å². The lowest BCUT2D eigenvalue weighted by atomic mass is 10.1. The van der Waals surface area contributed by atoms with E-state index >= 15 is 0 Å². The van der Waals surface area contributed by atoms with Crippen molar-refractivity contribution in [1.82, 2.24) is 0 Å². The predicted octanol–water partition coefficient (Wildman–Crippen LogP) is 4.42. The van der Waals surface area contributed by atoms with Crippen LogP contribution < -0.4 is 5.32 Å². The molecule has 2 aromatic rings. The molecule has 0 bridgehead atoms. The van der Waals surface area contributed by atoms with Crippen molar-refractivity contribution in [2.24, 2.45) is 0 Å². The number of rotatable bonds is 4. The molecule has 0 unspecified atom stereocenters. The van der Waals surface area contributed by atoms with Gasteiger partial charge in [0.25, 0.3) is 5.69 Å². The van der Waals surface area contributed by atoms with Gasteiger partial charge in [-0.05, 0) is 36.2 Å². The van der Waals surface area contributed by atoms with Gasteiger partial charge < -0.3 is 5.32 Å². The summed E-state index contributed by atoms with van der Waals surface area (Å²) in [5, 5.41) is 13.9. The lowest BCUT2D eigenvalue weighted by molar-refractivity contribution is -0.385. The van der Waals surface area contributed by atoms with Crippen LogP contribution in [0.25, 0.3) is 0 Å². The highest BCUT2D eigenvalue weighted by Crippen LogP contribution is 2.23. The average Bonchev–Trinajstić information content (AvgIpc) is 2.39. The van der Waals surface area contributed by atoms with E-state index < -0.39 is 4.92 Å². The molecule has 0 radical (unpaired) electrons. The van der Waals surface area contributed by atoms with E-state index in [0.717, 1.165) is 11.1 Å². The number of benzene rings is 2. The van der Waals surface area contributed by atoms with E-state index in [4.69, 9.17) is 0 Å². The zero-order chi connectivity index (χ0) is 14.7. The monoisotopic (exact) mass is 338 g/mol. The number of nitro benzene ring substituents is 1. The molecule has 2 aromatic carbocycles. The summed E-state index contributed by atoms with van der Waals surface area (Å²) in [4.78, 5) is 10.4. The molecule has 0 aliphatic carbocycles. The molecule has 6 heteroatoms. The van der Waals surface area contributed by atoms with Crippen LogP contribution in [0.4, 0.5) is 15.8 Å². The van der Waals surface area contributed by atoms with Crippen LogP contribution in [-0.2, 0) is 6.54 Å². The fourth-order valence-electron chi connectivity index (χ4n) is 1.82. The van der Waals surface area contributed by atoms with Crippen LogP contribution in [0, 0.1) is 22.9 Å². The second-order valence-electron chi connectivity index (χ2n) is 4.39. The summed E-state index contributed by atoms with van der Waals surface area (Å²) in [6.07, 6.45) is 0. The number of halogens is 2. The maximum absolute atomic E-state index is 13.2. The van der Waals surface area contributed by atoms with Crippen LogP contribution in [0.15, 0.2) is 40.9 Å². The molecule has 1 N–H and O–H groups in total. The zero-order valence-corrected chi connectivity index (χ0v) is 12.3. The Morgan fingerprint density at radius 1 is 1.30 bits per heavy atom. The van der Waals surface area contributed by atoms with Crippen LogP contribution >= 0.6 is 15.9 Å². The molecule has 0 amide bonds. The van der Waals surface area contributed by atoms with E-state index in [1.54, 1.807) is 12.1 Å². The lowest BCUT2D eigenvalue weighted by Gasteiger charge is -2.10. The Kier molecular flexibility index (Phi) is 4.34. The van der Waals surface area contributed by atoms with Crippen LogP contribution in [0.2, 0.25) is 0 Å². The van der Waals surface area contributed by atoms with Gasteiger partial charge in [0.05, 0.1) is 4.92 Å². The topological polar surface area (TPSA) is 55.2 Å². The summed E-state index contributed by atoms with van der Waals surface area (Å²) in [7, 11) is 0. The van der Waals surface area contributed by atoms with Crippen molar-refractivity contribution in [1.29, 1.82) is 0 Å². The Hall–Kier alpha value is -1.95. The molecule has 0 heterocycles. The second kappa shape index (κ2) is 6.00. The van der Waals surface area contributed by atoms with Crippen molar-refractivity contribution in [3.05, 3.63) is 67.9 Å². The lowest BCUT2D eigenvalue weighted by Crippen LogP contribution is -2.02. The minimum absolute atomic E-state index is 0.0205. The first-order valence-electron chi connectivity index (χ1n) is 5.89. The third-order valence-corrected chi connectivity index (χ3v) is 3.29. The van der Waals surface area contributed by atoms with E-state index in [-0.39, 0.29) is 11.5 Å². The standard InChI is InChI=1S/C14H12BrFN2O2/c1-9-2-3-12(16)7-14(9)17-8-10-4-11(15)6-13(5-10)18(19)20/h2-7,17H,8H2,1H3. The summed E-state index contributed by atoms with van der Waals surface area (Å²) < 4.78 is 13.8. The molecular weight excluding hydrogens is 327 g/mol. The Morgan fingerprint density at radius 3 is 2.75 bits per heavy atom. The molecule has 104 valence electrons. The molecular formula is C14H12BrFN2O2. The highest BCUT2D eigenvalue weighted by atomic mass is 79.9. The van der Waals surface area contributed by atoms with Crippen molar-refractivity contribution < 1.29 is 9.31 Å². The van der Waals surface area contributed by atoms with Gasteiger partial charge in [0.1, 0.15) is 5.82 Å². The molecule has 0 aliphatic heterocycles. The molecule has 20 heavy (non-hydrogen) atoms. The van der Waals surface area contributed by atoms with Gasteiger partial charge in [-0.2, -0.15) is 0 Å². The van der Waals surface area contributed by atoms with Gasteiger partial charge in [0, 0.05) is 28.8 Å². The van der Waals surface area contributed by atoms with Gasteiger partial charge in [-0.3, -0.25) is 10.1 Å². The fourth-order valence-corrected chi connectivity index (χ4v) is 2.35. The normalized spacial score (nSPS) is 10.3. The number of hydrogen-bond donors (Lipinski definition) is 1. The number of non-ortho nitro benzene ring substituents is 1. The van der Waals surface area contributed by atoms with E-state index in [2.05, 4.69) is 21.2 Å². The third-order valence-electron chi connectivity index (χ3n) is 2.84. The first-order chi connectivity index (χ1) is 9.45. The van der Waals surface area contributed by atoms with Crippen molar-refractivity contribution in [3.63, 3.8) is 0 Å². The highest BCUT2D eigenvalue weighted by molar-refractivity contribution is 9.10. The number of nitro groups is 1. The van der Waals surface area contributed by atoms with E-state index in [1.807, 2.05) is 6.92 Å². The summed E-state index contributed by atoms with van der Waals surface area (Å²) in [6.45, 7) is 2.25. The van der Waals surface area contributed by atoms with Crippen LogP contribution in [0.3, 0.4) is 0 Å². The van der Waals surface area contributed by atoms with Gasteiger partial charge in [-0.1, -0.05) is 22.0 Å². The third kappa shape index (κ3) is 3.54. The van der Waals surface area contributed by atoms with Crippen LogP contribution in [0.1, 0.15) is 11.1 Å². The quantitative estimate of drug-likeness (QED) is 0.663. The number of hydrogen-bond acceptors (Lipinski definition) is 3. The maximum Gasteiger partial charge on any atom is 0.270 e. The molecule has 0 fully saturated rings. The van der Waals surface area contributed by atoms with Gasteiger partial charge in [-0.25, -0.2) is 4.39 Å². The van der Waals surface area contributed by atoms with Crippen LogP contribution in [-0.4, -0.2) is 4.92 Å². The summed E-state index contributed by atoms with van der Waals surface area (Å²) >= 11 is 3.24. The van der Waals surface area contributed by atoms with Crippen molar-refractivity contribution in [2.45, 2.75) is 13.5 Å². The molecule has 2 rings (SSSR count). The summed E-state index contributed by atoms with van der Waals surface area (Å²) in [5.74, 6) is -0.321. The molecule has 0 saturated carbocycles. The van der Waals surface area contributed by atoms with Gasteiger partial charge in [-0.15, -0.1) is 0 Å². The molecule has 0 aromatic heterocycles. The number of aryl methyl sites for hydroxylation is 1. The van der Waals surface area contributed by atoms with Crippen LogP contribution in [0.5, 0.6) is 0 Å². The van der Waals surface area contributed by atoms with Crippen molar-refractivity contribution in [3.8, 4) is 0 Å². The highest BCUT2D eigenvalue weighted by Gasteiger charge is 2.09. The zero-order valence-electron chi connectivity index (χ0n) is 10.7. The predicted molar refractivity (Wildman–Crippen MR) is 79.3 cm³/mol. The SMILES string of the molecule is Cc1ccc(F)cc1NCc1cc(Br)cc([N+](=O)[O-])c1. The summed E-state index contributed by atoms with van der Waals surface area (Å²) in [5.41, 5.74) is 2.35. The Labute approximate surface area is 123 Å². The fraction of sp³-hybridized carbons (Fsp3) is 0.143. The minimum Gasteiger partial charge on any atom is -0.381 e. The minimum atomic E-state index is -0.443. The van der Waals surface area contributed by atoms with E-state index in [1.165, 1.54) is 24.3 Å². The molecule has 0 atom stereocenters. The first-order valence-corrected chi connectivity index (χ1v) is 6.69. The Balaban J connectivity index is 2.18. The number of nitrogens with zero attached hydrogens (tertiary/aromatic N) is 1. The number of nitrogens with one attached hydrogen (secondary N) is 1. The molecule has 0 aliphatic rings. The van der Waals surface area contributed by atoms with Crippen molar-refractivity contribution in [2.75, 3.05) is 5.32 Å². The Morgan fingerprint density at radius 2 is 2.05 bits per heavy atom. The largest absolute Gasteiger partial charge is 0.381 e. The number of anilines is 1. The van der Waals surface area contributed by atoms with Crippen molar-refractivity contribution >= 4 is 27.3 Å². The summed E-state index contributed by atoms with van der Waals surface area (Å²) in [6, 6.07) is 9.20. The molecule has 0 saturated heterocycles. The molecule has 0 spiro atoms.